The molecular formula is C16H13N5O2. The van der Waals surface area contributed by atoms with E-state index in [0.29, 0.717) is 23.4 Å². The van der Waals surface area contributed by atoms with Gasteiger partial charge in [0.1, 0.15) is 11.6 Å². The second-order valence-electron chi connectivity index (χ2n) is 4.81. The number of nitrogens with zero attached hydrogens (tertiary/aromatic N) is 5. The maximum absolute atomic E-state index is 11.3. The first-order valence-corrected chi connectivity index (χ1v) is 6.99. The fraction of sp³-hybridized carbons (Fsp3) is 0.125. The Hall–Kier alpha value is -3.40. The van der Waals surface area contributed by atoms with Crippen molar-refractivity contribution in [3.05, 3.63) is 48.3 Å². The zero-order valence-corrected chi connectivity index (χ0v) is 12.3. The van der Waals surface area contributed by atoms with E-state index in [9.17, 15) is 9.90 Å². The van der Waals surface area contributed by atoms with Crippen molar-refractivity contribution in [1.82, 2.24) is 14.6 Å². The van der Waals surface area contributed by atoms with Gasteiger partial charge in [0.2, 0.25) is 0 Å². The molecule has 23 heavy (non-hydrogen) atoms. The predicted octanol–water partition coefficient (Wildman–Crippen LogP) is 2.77. The summed E-state index contributed by atoms with van der Waals surface area (Å²) < 4.78 is 1.58. The number of nitriles is 1. The minimum atomic E-state index is -1.00. The molecule has 2 aromatic heterocycles. The van der Waals surface area contributed by atoms with Gasteiger partial charge >= 0.3 is 6.09 Å². The Bertz CT molecular complexity index is 926. The molecule has 0 fully saturated rings. The summed E-state index contributed by atoms with van der Waals surface area (Å²) in [7, 11) is 0. The van der Waals surface area contributed by atoms with E-state index >= 15 is 0 Å². The highest BCUT2D eigenvalue weighted by atomic mass is 16.4. The van der Waals surface area contributed by atoms with Crippen LogP contribution < -0.4 is 4.90 Å². The molecular weight excluding hydrogens is 294 g/mol. The van der Waals surface area contributed by atoms with Crippen LogP contribution in [0.3, 0.4) is 0 Å². The minimum absolute atomic E-state index is 0.352. The molecule has 0 aliphatic carbocycles. The molecule has 0 spiro atoms. The van der Waals surface area contributed by atoms with Gasteiger partial charge in [-0.2, -0.15) is 10.4 Å². The molecule has 0 bridgehead atoms. The maximum atomic E-state index is 11.3. The Kier molecular flexibility index (Phi) is 3.65. The molecule has 2 heterocycles. The number of fused-ring (bicyclic) bond motifs is 1. The van der Waals surface area contributed by atoms with E-state index in [1.807, 2.05) is 6.07 Å². The predicted molar refractivity (Wildman–Crippen MR) is 84.2 cm³/mol. The van der Waals surface area contributed by atoms with E-state index in [-0.39, 0.29) is 0 Å². The monoisotopic (exact) mass is 307 g/mol. The minimum Gasteiger partial charge on any atom is -0.465 e. The van der Waals surface area contributed by atoms with Crippen LogP contribution in [0.4, 0.5) is 10.5 Å². The van der Waals surface area contributed by atoms with Crippen molar-refractivity contribution in [1.29, 1.82) is 5.26 Å². The van der Waals surface area contributed by atoms with Gasteiger partial charge in [0.15, 0.2) is 5.65 Å². The fourth-order valence-corrected chi connectivity index (χ4v) is 2.45. The highest BCUT2D eigenvalue weighted by Crippen LogP contribution is 2.25. The van der Waals surface area contributed by atoms with Crippen LogP contribution in [-0.2, 0) is 0 Å². The number of anilines is 1. The molecule has 1 aromatic carbocycles. The lowest BCUT2D eigenvalue weighted by molar-refractivity contribution is 0.202. The molecule has 0 saturated heterocycles. The summed E-state index contributed by atoms with van der Waals surface area (Å²) in [6.45, 7) is 2.13. The Morgan fingerprint density at radius 1 is 1.43 bits per heavy atom. The van der Waals surface area contributed by atoms with Gasteiger partial charge in [0.25, 0.3) is 0 Å². The number of amides is 1. The van der Waals surface area contributed by atoms with Crippen molar-refractivity contribution in [3.63, 3.8) is 0 Å². The largest absolute Gasteiger partial charge is 0.465 e. The highest BCUT2D eigenvalue weighted by Gasteiger charge is 2.14. The Morgan fingerprint density at radius 3 is 2.96 bits per heavy atom. The van der Waals surface area contributed by atoms with E-state index in [4.69, 9.17) is 5.26 Å². The van der Waals surface area contributed by atoms with Crippen LogP contribution >= 0.6 is 0 Å². The zero-order chi connectivity index (χ0) is 16.4. The first kappa shape index (κ1) is 14.5. The molecule has 114 valence electrons. The number of hydrogen-bond donors (Lipinski definition) is 1. The number of carboxylic acid groups (broad SMARTS) is 1. The molecule has 0 aliphatic rings. The van der Waals surface area contributed by atoms with Crippen molar-refractivity contribution >= 4 is 17.4 Å². The van der Waals surface area contributed by atoms with E-state index in [0.717, 1.165) is 11.3 Å². The quantitative estimate of drug-likeness (QED) is 0.802. The van der Waals surface area contributed by atoms with Crippen LogP contribution in [0.1, 0.15) is 12.5 Å². The Balaban J connectivity index is 2.15. The SMILES string of the molecule is CCN(C(=O)O)c1cccc(-c2ccnc3c(C#N)cnn23)c1. The number of carbonyl (C=O) groups is 1. The van der Waals surface area contributed by atoms with Crippen molar-refractivity contribution in [2.24, 2.45) is 0 Å². The number of hydrogen-bond acceptors (Lipinski definition) is 4. The first-order chi connectivity index (χ1) is 11.2. The van der Waals surface area contributed by atoms with Gasteiger partial charge in [0, 0.05) is 24.0 Å². The van der Waals surface area contributed by atoms with Crippen LogP contribution in [0, 0.1) is 11.3 Å². The lowest BCUT2D eigenvalue weighted by Crippen LogP contribution is -2.28. The molecule has 0 atom stereocenters. The average molecular weight is 307 g/mol. The van der Waals surface area contributed by atoms with Crippen molar-refractivity contribution < 1.29 is 9.90 Å². The van der Waals surface area contributed by atoms with Gasteiger partial charge in [-0.1, -0.05) is 12.1 Å². The third-order valence-corrected chi connectivity index (χ3v) is 3.52. The van der Waals surface area contributed by atoms with Gasteiger partial charge in [-0.3, -0.25) is 4.90 Å². The summed E-state index contributed by atoms with van der Waals surface area (Å²) in [5.41, 5.74) is 2.97. The third kappa shape index (κ3) is 2.46. The van der Waals surface area contributed by atoms with Crippen LogP contribution in [0.2, 0.25) is 0 Å². The zero-order valence-electron chi connectivity index (χ0n) is 12.3. The summed E-state index contributed by atoms with van der Waals surface area (Å²) in [4.78, 5) is 16.7. The molecule has 0 aliphatic heterocycles. The van der Waals surface area contributed by atoms with Crippen molar-refractivity contribution in [3.8, 4) is 17.3 Å². The standard InChI is InChI=1S/C16H13N5O2/c1-2-20(16(22)23)13-5-3-4-11(8-13)14-6-7-18-15-12(9-17)10-19-21(14)15/h3-8,10H,2H2,1H3,(H,22,23). The normalized spacial score (nSPS) is 10.4. The number of rotatable bonds is 3. The van der Waals surface area contributed by atoms with Gasteiger partial charge in [-0.15, -0.1) is 0 Å². The second-order valence-corrected chi connectivity index (χ2v) is 4.81. The van der Waals surface area contributed by atoms with Gasteiger partial charge in [0.05, 0.1) is 11.9 Å². The molecule has 1 amide bonds. The Morgan fingerprint density at radius 2 is 2.26 bits per heavy atom. The Labute approximate surface area is 132 Å². The molecule has 7 heteroatoms. The average Bonchev–Trinajstić information content (AvgIpc) is 2.98. The third-order valence-electron chi connectivity index (χ3n) is 3.52. The lowest BCUT2D eigenvalue weighted by Gasteiger charge is -2.18. The molecule has 0 unspecified atom stereocenters. The lowest BCUT2D eigenvalue weighted by atomic mass is 10.1. The van der Waals surface area contributed by atoms with Gasteiger partial charge in [-0.25, -0.2) is 14.3 Å². The van der Waals surface area contributed by atoms with Crippen LogP contribution in [0.15, 0.2) is 42.7 Å². The summed E-state index contributed by atoms with van der Waals surface area (Å²) in [6.07, 6.45) is 2.07. The van der Waals surface area contributed by atoms with Crippen molar-refractivity contribution in [2.75, 3.05) is 11.4 Å². The number of aromatic nitrogens is 3. The molecule has 0 saturated carbocycles. The summed E-state index contributed by atoms with van der Waals surface area (Å²) in [6, 6.07) is 11.0. The van der Waals surface area contributed by atoms with Gasteiger partial charge < -0.3 is 5.11 Å². The van der Waals surface area contributed by atoms with E-state index < -0.39 is 6.09 Å². The maximum Gasteiger partial charge on any atom is 0.411 e. The second kappa shape index (κ2) is 5.77. The molecule has 3 aromatic rings. The topological polar surface area (TPSA) is 94.5 Å². The smallest absolute Gasteiger partial charge is 0.411 e. The van der Waals surface area contributed by atoms with E-state index in [2.05, 4.69) is 16.2 Å². The van der Waals surface area contributed by atoms with Crippen LogP contribution in [-0.4, -0.2) is 32.3 Å². The molecule has 7 nitrogen and oxygen atoms in total. The summed E-state index contributed by atoms with van der Waals surface area (Å²) >= 11 is 0. The first-order valence-electron chi connectivity index (χ1n) is 6.99. The molecule has 1 N–H and O–H groups in total. The van der Waals surface area contributed by atoms with E-state index in [1.165, 1.54) is 11.1 Å². The van der Waals surface area contributed by atoms with E-state index in [1.54, 1.807) is 41.9 Å². The van der Waals surface area contributed by atoms with Gasteiger partial charge in [-0.05, 0) is 25.1 Å². The van der Waals surface area contributed by atoms with Crippen molar-refractivity contribution in [2.45, 2.75) is 6.92 Å². The summed E-state index contributed by atoms with van der Waals surface area (Å²) in [5.74, 6) is 0. The fourth-order valence-electron chi connectivity index (χ4n) is 2.45. The summed E-state index contributed by atoms with van der Waals surface area (Å²) in [5, 5.41) is 22.5. The highest BCUT2D eigenvalue weighted by molar-refractivity contribution is 5.87. The molecule has 0 radical (unpaired) electrons. The van der Waals surface area contributed by atoms with Crippen LogP contribution in [0.25, 0.3) is 16.9 Å². The number of benzene rings is 1. The van der Waals surface area contributed by atoms with Crippen LogP contribution in [0.5, 0.6) is 0 Å². The molecule has 3 rings (SSSR count).